The lowest BCUT2D eigenvalue weighted by molar-refractivity contribution is -0.143. The van der Waals surface area contributed by atoms with Crippen LogP contribution >= 0.6 is 0 Å². The lowest BCUT2D eigenvalue weighted by Gasteiger charge is -2.30. The highest BCUT2D eigenvalue weighted by Gasteiger charge is 2.38. The molecule has 7 heteroatoms. The average molecular weight is 463 g/mol. The third kappa shape index (κ3) is 4.12. The van der Waals surface area contributed by atoms with E-state index in [1.807, 2.05) is 32.1 Å². The summed E-state index contributed by atoms with van der Waals surface area (Å²) in [7, 11) is 0. The van der Waals surface area contributed by atoms with Crippen LogP contribution < -0.4 is 5.32 Å². The number of halogens is 1. The molecular formula is C27H27FN2O4. The zero-order valence-electron chi connectivity index (χ0n) is 19.2. The Labute approximate surface area is 197 Å². The first-order valence-electron chi connectivity index (χ1n) is 11.5. The van der Waals surface area contributed by atoms with Crippen LogP contribution in [0.2, 0.25) is 0 Å². The van der Waals surface area contributed by atoms with Crippen molar-refractivity contribution in [2.45, 2.75) is 38.8 Å². The number of likely N-dealkylation sites (tertiary alicyclic amines) is 1. The van der Waals surface area contributed by atoms with Crippen molar-refractivity contribution in [2.75, 3.05) is 18.4 Å². The van der Waals surface area contributed by atoms with Crippen molar-refractivity contribution >= 4 is 28.7 Å². The van der Waals surface area contributed by atoms with Crippen LogP contribution in [0, 0.1) is 11.7 Å². The van der Waals surface area contributed by atoms with E-state index in [2.05, 4.69) is 22.3 Å². The SMILES string of the molecule is CC1(C)O/C(=C2\C(=O)Nc3ccc(F)cc32)C=C1c1ccc(CN2CCC(C(=O)O)CC2)cc1. The van der Waals surface area contributed by atoms with Crippen molar-refractivity contribution in [3.63, 3.8) is 0 Å². The van der Waals surface area contributed by atoms with Crippen LogP contribution in [0.25, 0.3) is 11.1 Å². The van der Waals surface area contributed by atoms with Crippen molar-refractivity contribution in [1.82, 2.24) is 4.90 Å². The molecule has 1 fully saturated rings. The maximum Gasteiger partial charge on any atom is 0.306 e. The van der Waals surface area contributed by atoms with Crippen LogP contribution in [-0.4, -0.2) is 40.6 Å². The maximum absolute atomic E-state index is 13.9. The third-order valence-electron chi connectivity index (χ3n) is 6.87. The number of benzene rings is 2. The minimum absolute atomic E-state index is 0.233. The normalized spacial score (nSPS) is 22.2. The third-order valence-corrected chi connectivity index (χ3v) is 6.87. The Bertz CT molecular complexity index is 1220. The summed E-state index contributed by atoms with van der Waals surface area (Å²) in [6.07, 6.45) is 3.24. The monoisotopic (exact) mass is 462 g/mol. The second kappa shape index (κ2) is 8.40. The number of nitrogens with one attached hydrogen (secondary N) is 1. The Balaban J connectivity index is 1.37. The quantitative estimate of drug-likeness (QED) is 0.646. The number of aliphatic carboxylic acids is 1. The highest BCUT2D eigenvalue weighted by molar-refractivity contribution is 6.32. The summed E-state index contributed by atoms with van der Waals surface area (Å²) in [6, 6.07) is 12.5. The molecular weight excluding hydrogens is 435 g/mol. The Kier molecular flexibility index (Phi) is 5.52. The Hall–Kier alpha value is -3.45. The molecule has 5 rings (SSSR count). The van der Waals surface area contributed by atoms with Gasteiger partial charge in [0.15, 0.2) is 0 Å². The number of carbonyl (C=O) groups is 2. The second-order valence-corrected chi connectivity index (χ2v) is 9.64. The molecule has 2 N–H and O–H groups in total. The topological polar surface area (TPSA) is 78.9 Å². The Morgan fingerprint density at radius 1 is 1.18 bits per heavy atom. The second-order valence-electron chi connectivity index (χ2n) is 9.64. The number of hydrogen-bond acceptors (Lipinski definition) is 4. The summed E-state index contributed by atoms with van der Waals surface area (Å²) in [4.78, 5) is 26.1. The number of anilines is 1. The van der Waals surface area contributed by atoms with Crippen LogP contribution in [0.1, 0.15) is 43.4 Å². The van der Waals surface area contributed by atoms with Crippen molar-refractivity contribution in [1.29, 1.82) is 0 Å². The number of carbonyl (C=O) groups excluding carboxylic acids is 1. The predicted molar refractivity (Wildman–Crippen MR) is 127 cm³/mol. The Morgan fingerprint density at radius 2 is 1.88 bits per heavy atom. The number of nitrogens with zero attached hydrogens (tertiary/aromatic N) is 1. The van der Waals surface area contributed by atoms with Crippen molar-refractivity contribution in [3.8, 4) is 0 Å². The fraction of sp³-hybridized carbons (Fsp3) is 0.333. The number of fused-ring (bicyclic) bond motifs is 1. The van der Waals surface area contributed by atoms with Gasteiger partial charge in [0.25, 0.3) is 5.91 Å². The molecule has 1 saturated heterocycles. The van der Waals surface area contributed by atoms with E-state index in [0.29, 0.717) is 35.4 Å². The van der Waals surface area contributed by atoms with Gasteiger partial charge in [0.05, 0.1) is 11.5 Å². The number of rotatable bonds is 4. The molecule has 0 saturated carbocycles. The molecule has 0 aromatic heterocycles. The summed E-state index contributed by atoms with van der Waals surface area (Å²) >= 11 is 0. The summed E-state index contributed by atoms with van der Waals surface area (Å²) in [5.41, 5.74) is 3.88. The number of carboxylic acid groups (broad SMARTS) is 1. The standard InChI is InChI=1S/C27H27FN2O4/c1-27(2)21(14-23(34-27)24-20-13-19(28)7-8-22(20)29-25(24)31)17-5-3-16(4-6-17)15-30-11-9-18(10-12-30)26(32)33/h3-8,13-14,18H,9-12,15H2,1-2H3,(H,29,31)(H,32,33)/b24-23-. The van der Waals surface area contributed by atoms with Crippen LogP contribution in [-0.2, 0) is 20.9 Å². The molecule has 3 aliphatic rings. The van der Waals surface area contributed by atoms with Gasteiger partial charge in [-0.1, -0.05) is 24.3 Å². The number of ether oxygens (including phenoxy) is 1. The Morgan fingerprint density at radius 3 is 2.56 bits per heavy atom. The molecule has 34 heavy (non-hydrogen) atoms. The molecule has 1 amide bonds. The molecule has 2 aromatic carbocycles. The maximum atomic E-state index is 13.9. The fourth-order valence-electron chi connectivity index (χ4n) is 4.99. The number of hydrogen-bond donors (Lipinski definition) is 2. The number of carboxylic acids is 1. The fourth-order valence-corrected chi connectivity index (χ4v) is 4.99. The zero-order valence-corrected chi connectivity index (χ0v) is 19.2. The molecule has 0 atom stereocenters. The van der Waals surface area contributed by atoms with Gasteiger partial charge in [-0.25, -0.2) is 4.39 Å². The van der Waals surface area contributed by atoms with Gasteiger partial charge in [0.1, 0.15) is 17.2 Å². The number of piperidine rings is 1. The van der Waals surface area contributed by atoms with Crippen molar-refractivity contribution in [3.05, 3.63) is 76.8 Å². The van der Waals surface area contributed by atoms with Gasteiger partial charge in [-0.05, 0) is 75.2 Å². The van der Waals surface area contributed by atoms with E-state index < -0.39 is 17.4 Å². The van der Waals surface area contributed by atoms with Crippen LogP contribution in [0.4, 0.5) is 10.1 Å². The summed E-state index contributed by atoms with van der Waals surface area (Å²) in [5, 5.41) is 12.0. The van der Waals surface area contributed by atoms with Gasteiger partial charge in [-0.2, -0.15) is 0 Å². The van der Waals surface area contributed by atoms with Gasteiger partial charge >= 0.3 is 5.97 Å². The van der Waals surface area contributed by atoms with Gasteiger partial charge < -0.3 is 15.2 Å². The molecule has 2 aromatic rings. The summed E-state index contributed by atoms with van der Waals surface area (Å²) in [6.45, 7) is 6.25. The molecule has 6 nitrogen and oxygen atoms in total. The predicted octanol–water partition coefficient (Wildman–Crippen LogP) is 4.68. The van der Waals surface area contributed by atoms with E-state index >= 15 is 0 Å². The van der Waals surface area contributed by atoms with Gasteiger partial charge in [0.2, 0.25) is 0 Å². The molecule has 0 bridgehead atoms. The van der Waals surface area contributed by atoms with E-state index in [-0.39, 0.29) is 11.8 Å². The smallest absolute Gasteiger partial charge is 0.306 e. The summed E-state index contributed by atoms with van der Waals surface area (Å²) < 4.78 is 20.1. The average Bonchev–Trinajstić information content (AvgIpc) is 3.29. The van der Waals surface area contributed by atoms with Crippen molar-refractivity contribution < 1.29 is 23.8 Å². The highest BCUT2D eigenvalue weighted by atomic mass is 19.1. The van der Waals surface area contributed by atoms with Crippen molar-refractivity contribution in [2.24, 2.45) is 5.92 Å². The molecule has 0 radical (unpaired) electrons. The highest BCUT2D eigenvalue weighted by Crippen LogP contribution is 2.44. The minimum atomic E-state index is -0.697. The molecule has 3 aliphatic heterocycles. The summed E-state index contributed by atoms with van der Waals surface area (Å²) in [5.74, 6) is -1.20. The van der Waals surface area contributed by atoms with E-state index in [4.69, 9.17) is 4.74 Å². The number of allylic oxidation sites excluding steroid dienone is 1. The van der Waals surface area contributed by atoms with E-state index in [1.165, 1.54) is 12.1 Å². The molecule has 3 heterocycles. The van der Waals surface area contributed by atoms with Gasteiger partial charge in [-0.3, -0.25) is 14.5 Å². The van der Waals surface area contributed by atoms with Gasteiger partial charge in [0, 0.05) is 23.4 Å². The molecule has 0 unspecified atom stereocenters. The minimum Gasteiger partial charge on any atom is -0.482 e. The van der Waals surface area contributed by atoms with E-state index in [1.54, 1.807) is 6.07 Å². The lowest BCUT2D eigenvalue weighted by Crippen LogP contribution is -2.35. The molecule has 0 spiro atoms. The van der Waals surface area contributed by atoms with Gasteiger partial charge in [-0.15, -0.1) is 0 Å². The first-order valence-corrected chi connectivity index (χ1v) is 11.5. The zero-order chi connectivity index (χ0) is 24.0. The van der Waals surface area contributed by atoms with Crippen LogP contribution in [0.15, 0.2) is 54.3 Å². The van der Waals surface area contributed by atoms with E-state index in [9.17, 15) is 19.1 Å². The van der Waals surface area contributed by atoms with E-state index in [0.717, 1.165) is 36.3 Å². The molecule has 176 valence electrons. The number of amides is 1. The molecule has 0 aliphatic carbocycles. The van der Waals surface area contributed by atoms with Crippen LogP contribution in [0.3, 0.4) is 0 Å². The first kappa shape index (κ1) is 22.3. The first-order chi connectivity index (χ1) is 16.2. The lowest BCUT2D eigenvalue weighted by atomic mass is 9.91. The largest absolute Gasteiger partial charge is 0.482 e. The van der Waals surface area contributed by atoms with Crippen LogP contribution in [0.5, 0.6) is 0 Å².